The highest BCUT2D eigenvalue weighted by molar-refractivity contribution is 4.74. The summed E-state index contributed by atoms with van der Waals surface area (Å²) >= 11 is 0. The van der Waals surface area contributed by atoms with Crippen LogP contribution in [0.15, 0.2) is 0 Å². The van der Waals surface area contributed by atoms with Gasteiger partial charge in [-0.25, -0.2) is 0 Å². The number of hydrogen-bond donors (Lipinski definition) is 1. The minimum atomic E-state index is 0.757. The van der Waals surface area contributed by atoms with Crippen molar-refractivity contribution in [3.63, 3.8) is 0 Å². The van der Waals surface area contributed by atoms with Crippen LogP contribution in [0.1, 0.15) is 12.8 Å². The lowest BCUT2D eigenvalue weighted by molar-refractivity contribution is 0.153. The molecular formula is C9H20N2O. The molecule has 1 heterocycles. The number of ether oxygens (including phenoxy) is 1. The molecule has 72 valence electrons. The van der Waals surface area contributed by atoms with Gasteiger partial charge in [0.1, 0.15) is 0 Å². The van der Waals surface area contributed by atoms with Crippen LogP contribution < -0.4 is 5.73 Å². The maximum Gasteiger partial charge on any atom is 0.0503 e. The third kappa shape index (κ3) is 3.09. The van der Waals surface area contributed by atoms with E-state index < -0.39 is 0 Å². The van der Waals surface area contributed by atoms with Gasteiger partial charge in [0.05, 0.1) is 6.61 Å². The third-order valence-electron chi connectivity index (χ3n) is 2.45. The Morgan fingerprint density at radius 2 is 2.42 bits per heavy atom. The predicted molar refractivity (Wildman–Crippen MR) is 50.1 cm³/mol. The Bertz CT molecular complexity index is 119. The van der Waals surface area contributed by atoms with E-state index >= 15 is 0 Å². The van der Waals surface area contributed by atoms with Gasteiger partial charge < -0.3 is 15.4 Å². The van der Waals surface area contributed by atoms with Crippen LogP contribution in [0.2, 0.25) is 0 Å². The Hall–Kier alpha value is -0.120. The molecule has 0 amide bonds. The van der Waals surface area contributed by atoms with Gasteiger partial charge in [-0.1, -0.05) is 0 Å². The van der Waals surface area contributed by atoms with Crippen LogP contribution in [-0.4, -0.2) is 44.8 Å². The Kier molecular flexibility index (Phi) is 4.58. The quantitative estimate of drug-likeness (QED) is 0.648. The molecule has 0 saturated carbocycles. The van der Waals surface area contributed by atoms with E-state index in [9.17, 15) is 0 Å². The van der Waals surface area contributed by atoms with Crippen LogP contribution in [0.5, 0.6) is 0 Å². The first kappa shape index (κ1) is 9.96. The summed E-state index contributed by atoms with van der Waals surface area (Å²) < 4.78 is 5.13. The van der Waals surface area contributed by atoms with Crippen LogP contribution in [-0.2, 0) is 4.74 Å². The van der Waals surface area contributed by atoms with Gasteiger partial charge in [-0.05, 0) is 38.4 Å². The Morgan fingerprint density at radius 1 is 1.58 bits per heavy atom. The summed E-state index contributed by atoms with van der Waals surface area (Å²) in [5, 5.41) is 0. The van der Waals surface area contributed by atoms with Crippen molar-refractivity contribution in [3.05, 3.63) is 0 Å². The molecular weight excluding hydrogens is 152 g/mol. The summed E-state index contributed by atoms with van der Waals surface area (Å²) in [4.78, 5) is 2.48. The molecule has 0 radical (unpaired) electrons. The fraction of sp³-hybridized carbons (Fsp3) is 1.00. The van der Waals surface area contributed by atoms with E-state index in [1.165, 1.54) is 19.5 Å². The van der Waals surface area contributed by atoms with E-state index in [-0.39, 0.29) is 0 Å². The number of rotatable bonds is 5. The van der Waals surface area contributed by atoms with Gasteiger partial charge >= 0.3 is 0 Å². The highest BCUT2D eigenvalue weighted by Gasteiger charge is 2.21. The summed E-state index contributed by atoms with van der Waals surface area (Å²) in [5.41, 5.74) is 5.45. The molecule has 0 aromatic carbocycles. The van der Waals surface area contributed by atoms with E-state index in [1.54, 1.807) is 7.11 Å². The Labute approximate surface area is 74.9 Å². The molecule has 1 atom stereocenters. The molecule has 1 aliphatic heterocycles. The van der Waals surface area contributed by atoms with E-state index in [2.05, 4.69) is 4.90 Å². The lowest BCUT2D eigenvalue weighted by Gasteiger charge is -2.14. The van der Waals surface area contributed by atoms with Crippen molar-refractivity contribution in [3.8, 4) is 0 Å². The second-order valence-electron chi connectivity index (χ2n) is 3.55. The largest absolute Gasteiger partial charge is 0.384 e. The minimum Gasteiger partial charge on any atom is -0.384 e. The molecule has 1 fully saturated rings. The monoisotopic (exact) mass is 172 g/mol. The molecule has 0 aliphatic carbocycles. The third-order valence-corrected chi connectivity index (χ3v) is 2.45. The highest BCUT2D eigenvalue weighted by atomic mass is 16.5. The number of nitrogens with zero attached hydrogens (tertiary/aromatic N) is 1. The fourth-order valence-corrected chi connectivity index (χ4v) is 1.80. The maximum atomic E-state index is 5.45. The molecule has 0 spiro atoms. The van der Waals surface area contributed by atoms with E-state index in [4.69, 9.17) is 10.5 Å². The molecule has 1 saturated heterocycles. The molecule has 0 bridgehead atoms. The van der Waals surface area contributed by atoms with Crippen molar-refractivity contribution in [2.45, 2.75) is 12.8 Å². The number of methoxy groups -OCH3 is 1. The average molecular weight is 172 g/mol. The lowest BCUT2D eigenvalue weighted by atomic mass is 10.1. The first-order chi connectivity index (χ1) is 5.86. The molecule has 0 aromatic heterocycles. The molecule has 3 heteroatoms. The van der Waals surface area contributed by atoms with Crippen LogP contribution >= 0.6 is 0 Å². The van der Waals surface area contributed by atoms with Crippen LogP contribution in [0.4, 0.5) is 0 Å². The Balaban J connectivity index is 2.08. The van der Waals surface area contributed by atoms with Crippen molar-refractivity contribution < 1.29 is 4.74 Å². The standard InChI is InChI=1S/C9H20N2O/c1-12-8-9-3-6-11(7-9)5-2-4-10/h9H,2-8,10H2,1H3. The van der Waals surface area contributed by atoms with Gasteiger partial charge in [-0.3, -0.25) is 0 Å². The van der Waals surface area contributed by atoms with Gasteiger partial charge in [0, 0.05) is 13.7 Å². The van der Waals surface area contributed by atoms with Crippen LogP contribution in [0.25, 0.3) is 0 Å². The zero-order valence-electron chi connectivity index (χ0n) is 7.96. The van der Waals surface area contributed by atoms with Crippen molar-refractivity contribution in [2.24, 2.45) is 11.7 Å². The van der Waals surface area contributed by atoms with E-state index in [0.717, 1.165) is 32.0 Å². The summed E-state index contributed by atoms with van der Waals surface area (Å²) in [6, 6.07) is 0. The minimum absolute atomic E-state index is 0.757. The summed E-state index contributed by atoms with van der Waals surface area (Å²) in [6.07, 6.45) is 2.41. The maximum absolute atomic E-state index is 5.45. The molecule has 1 aliphatic rings. The summed E-state index contributed by atoms with van der Waals surface area (Å²) in [7, 11) is 1.78. The van der Waals surface area contributed by atoms with Crippen molar-refractivity contribution in [2.75, 3.05) is 39.9 Å². The van der Waals surface area contributed by atoms with Crippen molar-refractivity contribution >= 4 is 0 Å². The topological polar surface area (TPSA) is 38.5 Å². The summed E-state index contributed by atoms with van der Waals surface area (Å²) in [6.45, 7) is 5.32. The van der Waals surface area contributed by atoms with Gasteiger partial charge in [-0.15, -0.1) is 0 Å². The van der Waals surface area contributed by atoms with Crippen LogP contribution in [0, 0.1) is 5.92 Å². The van der Waals surface area contributed by atoms with Crippen LogP contribution in [0.3, 0.4) is 0 Å². The van der Waals surface area contributed by atoms with Gasteiger partial charge in [0.2, 0.25) is 0 Å². The van der Waals surface area contributed by atoms with E-state index in [1.807, 2.05) is 0 Å². The van der Waals surface area contributed by atoms with Gasteiger partial charge in [0.25, 0.3) is 0 Å². The SMILES string of the molecule is COCC1CCN(CCCN)C1. The first-order valence-corrected chi connectivity index (χ1v) is 4.78. The second kappa shape index (κ2) is 5.51. The number of likely N-dealkylation sites (tertiary alicyclic amines) is 1. The zero-order chi connectivity index (χ0) is 8.81. The first-order valence-electron chi connectivity index (χ1n) is 4.78. The molecule has 2 N–H and O–H groups in total. The second-order valence-corrected chi connectivity index (χ2v) is 3.55. The zero-order valence-corrected chi connectivity index (χ0v) is 7.96. The molecule has 0 aromatic rings. The smallest absolute Gasteiger partial charge is 0.0503 e. The molecule has 12 heavy (non-hydrogen) atoms. The van der Waals surface area contributed by atoms with Gasteiger partial charge in [-0.2, -0.15) is 0 Å². The normalized spacial score (nSPS) is 25.0. The number of hydrogen-bond acceptors (Lipinski definition) is 3. The molecule has 1 rings (SSSR count). The summed E-state index contributed by atoms with van der Waals surface area (Å²) in [5.74, 6) is 0.757. The average Bonchev–Trinajstić information content (AvgIpc) is 2.50. The predicted octanol–water partition coefficient (Wildman–Crippen LogP) is 0.304. The number of nitrogens with two attached hydrogens (primary N) is 1. The Morgan fingerprint density at radius 3 is 3.08 bits per heavy atom. The molecule has 1 unspecified atom stereocenters. The van der Waals surface area contributed by atoms with Crippen molar-refractivity contribution in [1.29, 1.82) is 0 Å². The van der Waals surface area contributed by atoms with E-state index in [0.29, 0.717) is 0 Å². The fourth-order valence-electron chi connectivity index (χ4n) is 1.80. The lowest BCUT2D eigenvalue weighted by Crippen LogP contribution is -2.24. The van der Waals surface area contributed by atoms with Crippen molar-refractivity contribution in [1.82, 2.24) is 4.90 Å². The molecule has 3 nitrogen and oxygen atoms in total. The highest BCUT2D eigenvalue weighted by Crippen LogP contribution is 2.15. The van der Waals surface area contributed by atoms with Gasteiger partial charge in [0.15, 0.2) is 0 Å².